The molecule has 0 bridgehead atoms. The van der Waals surface area contributed by atoms with E-state index in [1.165, 1.54) is 7.11 Å². The zero-order valence-electron chi connectivity index (χ0n) is 15.8. The van der Waals surface area contributed by atoms with Crippen LogP contribution in [-0.2, 0) is 9.63 Å². The normalized spacial score (nSPS) is 18.4. The van der Waals surface area contributed by atoms with Gasteiger partial charge < -0.3 is 20.0 Å². The van der Waals surface area contributed by atoms with Gasteiger partial charge in [-0.2, -0.15) is 0 Å². The van der Waals surface area contributed by atoms with Crippen molar-refractivity contribution >= 4 is 17.5 Å². The molecule has 1 N–H and O–H groups in total. The first-order chi connectivity index (χ1) is 12.6. The lowest BCUT2D eigenvalue weighted by molar-refractivity contribution is -0.124. The second-order valence-corrected chi connectivity index (χ2v) is 6.18. The highest BCUT2D eigenvalue weighted by Gasteiger charge is 2.38. The standard InChI is InChI=1S/C19H28N4O3/c1-4-22(5-2)12-11-20-18(24)17-13-16(21-26-3)14-23(17)19(25)15-9-7-6-8-10-15/h6-10,17H,4-5,11-14H2,1-3H3,(H,20,24)/t17-/m0/s1. The number of amides is 2. The number of oxime groups is 1. The monoisotopic (exact) mass is 360 g/mol. The highest BCUT2D eigenvalue weighted by atomic mass is 16.6. The highest BCUT2D eigenvalue weighted by molar-refractivity contribution is 6.05. The Morgan fingerprint density at radius 2 is 1.96 bits per heavy atom. The van der Waals surface area contributed by atoms with Crippen molar-refractivity contribution in [3.63, 3.8) is 0 Å². The fourth-order valence-electron chi connectivity index (χ4n) is 3.09. The fourth-order valence-corrected chi connectivity index (χ4v) is 3.09. The summed E-state index contributed by atoms with van der Waals surface area (Å²) in [6.07, 6.45) is 0.392. The van der Waals surface area contributed by atoms with Crippen LogP contribution in [0.5, 0.6) is 0 Å². The number of benzene rings is 1. The van der Waals surface area contributed by atoms with E-state index in [1.807, 2.05) is 18.2 Å². The summed E-state index contributed by atoms with van der Waals surface area (Å²) in [6.45, 7) is 7.72. The SMILES string of the molecule is CCN(CC)CCNC(=O)[C@@H]1CC(=NOC)CN1C(=O)c1ccccc1. The van der Waals surface area contributed by atoms with Gasteiger partial charge in [0.05, 0.1) is 12.3 Å². The molecule has 0 aliphatic carbocycles. The molecular formula is C19H28N4O3. The van der Waals surface area contributed by atoms with Crippen molar-refractivity contribution in [2.45, 2.75) is 26.3 Å². The lowest BCUT2D eigenvalue weighted by atomic mass is 10.1. The minimum atomic E-state index is -0.562. The molecule has 142 valence electrons. The first-order valence-electron chi connectivity index (χ1n) is 9.05. The number of likely N-dealkylation sites (N-methyl/N-ethyl adjacent to an activating group) is 1. The number of nitrogens with zero attached hydrogens (tertiary/aromatic N) is 3. The zero-order valence-corrected chi connectivity index (χ0v) is 15.8. The van der Waals surface area contributed by atoms with Gasteiger partial charge in [-0.25, -0.2) is 0 Å². The molecule has 0 aromatic heterocycles. The molecule has 1 aliphatic rings. The summed E-state index contributed by atoms with van der Waals surface area (Å²) in [4.78, 5) is 34.2. The average Bonchev–Trinajstić information content (AvgIpc) is 3.09. The summed E-state index contributed by atoms with van der Waals surface area (Å²) >= 11 is 0. The lowest BCUT2D eigenvalue weighted by Crippen LogP contribution is -2.47. The summed E-state index contributed by atoms with van der Waals surface area (Å²) in [6, 6.07) is 8.43. The van der Waals surface area contributed by atoms with Crippen LogP contribution in [0.1, 0.15) is 30.6 Å². The molecule has 1 saturated heterocycles. The summed E-state index contributed by atoms with van der Waals surface area (Å²) < 4.78 is 0. The van der Waals surface area contributed by atoms with Gasteiger partial charge >= 0.3 is 0 Å². The number of carbonyl (C=O) groups is 2. The summed E-state index contributed by atoms with van der Waals surface area (Å²) in [5, 5.41) is 6.90. The van der Waals surface area contributed by atoms with Crippen LogP contribution in [0.2, 0.25) is 0 Å². The van der Waals surface area contributed by atoms with Crippen LogP contribution in [0.25, 0.3) is 0 Å². The number of hydrogen-bond acceptors (Lipinski definition) is 5. The molecule has 0 spiro atoms. The molecule has 7 heteroatoms. The Labute approximate surface area is 155 Å². The van der Waals surface area contributed by atoms with E-state index in [0.29, 0.717) is 30.8 Å². The second-order valence-electron chi connectivity index (χ2n) is 6.18. The summed E-state index contributed by atoms with van der Waals surface area (Å²) in [7, 11) is 1.47. The fraction of sp³-hybridized carbons (Fsp3) is 0.526. The van der Waals surface area contributed by atoms with E-state index in [2.05, 4.69) is 29.2 Å². The van der Waals surface area contributed by atoms with Gasteiger partial charge in [0.2, 0.25) is 5.91 Å². The maximum absolute atomic E-state index is 12.8. The topological polar surface area (TPSA) is 74.2 Å². The number of rotatable bonds is 8. The first kappa shape index (κ1) is 19.9. The van der Waals surface area contributed by atoms with Crippen LogP contribution in [-0.4, -0.2) is 73.2 Å². The molecule has 0 saturated carbocycles. The summed E-state index contributed by atoms with van der Waals surface area (Å²) in [5.74, 6) is -0.321. The van der Waals surface area contributed by atoms with Crippen LogP contribution < -0.4 is 5.32 Å². The van der Waals surface area contributed by atoms with Crippen LogP contribution in [0.15, 0.2) is 35.5 Å². The van der Waals surface area contributed by atoms with Gasteiger partial charge in [-0.3, -0.25) is 9.59 Å². The number of hydrogen-bond donors (Lipinski definition) is 1. The number of likely N-dealkylation sites (tertiary alicyclic amines) is 1. The molecule has 1 aromatic carbocycles. The molecule has 0 unspecified atom stereocenters. The molecule has 7 nitrogen and oxygen atoms in total. The van der Waals surface area contributed by atoms with E-state index in [1.54, 1.807) is 17.0 Å². The predicted molar refractivity (Wildman–Crippen MR) is 101 cm³/mol. The van der Waals surface area contributed by atoms with Gasteiger partial charge in [0.1, 0.15) is 13.2 Å². The van der Waals surface area contributed by atoms with Crippen LogP contribution in [0.3, 0.4) is 0 Å². The quantitative estimate of drug-likeness (QED) is 0.711. The van der Waals surface area contributed by atoms with Crippen LogP contribution in [0.4, 0.5) is 0 Å². The number of nitrogens with one attached hydrogen (secondary N) is 1. The molecule has 26 heavy (non-hydrogen) atoms. The van der Waals surface area contributed by atoms with E-state index in [0.717, 1.165) is 19.6 Å². The minimum absolute atomic E-state index is 0.150. The molecular weight excluding hydrogens is 332 g/mol. The van der Waals surface area contributed by atoms with Crippen molar-refractivity contribution < 1.29 is 14.4 Å². The van der Waals surface area contributed by atoms with Crippen molar-refractivity contribution in [1.29, 1.82) is 0 Å². The lowest BCUT2D eigenvalue weighted by Gasteiger charge is -2.24. The zero-order chi connectivity index (χ0) is 18.9. The van der Waals surface area contributed by atoms with Crippen molar-refractivity contribution in [2.24, 2.45) is 5.16 Å². The van der Waals surface area contributed by atoms with Gasteiger partial charge in [0, 0.05) is 25.1 Å². The van der Waals surface area contributed by atoms with E-state index in [-0.39, 0.29) is 11.8 Å². The van der Waals surface area contributed by atoms with Crippen molar-refractivity contribution in [2.75, 3.05) is 39.8 Å². The van der Waals surface area contributed by atoms with Gasteiger partial charge in [-0.15, -0.1) is 0 Å². The maximum Gasteiger partial charge on any atom is 0.254 e. The van der Waals surface area contributed by atoms with Gasteiger partial charge in [-0.05, 0) is 25.2 Å². The first-order valence-corrected chi connectivity index (χ1v) is 9.05. The number of carbonyl (C=O) groups excluding carboxylic acids is 2. The van der Waals surface area contributed by atoms with Crippen LogP contribution in [0, 0.1) is 0 Å². The van der Waals surface area contributed by atoms with Gasteiger partial charge in [0.25, 0.3) is 5.91 Å². The highest BCUT2D eigenvalue weighted by Crippen LogP contribution is 2.19. The van der Waals surface area contributed by atoms with Crippen molar-refractivity contribution in [1.82, 2.24) is 15.1 Å². The largest absolute Gasteiger partial charge is 0.399 e. The van der Waals surface area contributed by atoms with E-state index < -0.39 is 6.04 Å². The molecule has 2 rings (SSSR count). The Kier molecular flexibility index (Phi) is 7.59. The third kappa shape index (κ3) is 5.05. The Morgan fingerprint density at radius 3 is 2.58 bits per heavy atom. The molecule has 1 aliphatic heterocycles. The smallest absolute Gasteiger partial charge is 0.254 e. The Morgan fingerprint density at radius 1 is 1.27 bits per heavy atom. The van der Waals surface area contributed by atoms with Crippen molar-refractivity contribution in [3.05, 3.63) is 35.9 Å². The molecule has 1 atom stereocenters. The van der Waals surface area contributed by atoms with Crippen LogP contribution >= 0.6 is 0 Å². The molecule has 1 fully saturated rings. The summed E-state index contributed by atoms with van der Waals surface area (Å²) in [5.41, 5.74) is 1.26. The minimum Gasteiger partial charge on any atom is -0.399 e. The second kappa shape index (κ2) is 9.91. The van der Waals surface area contributed by atoms with Gasteiger partial charge in [0.15, 0.2) is 0 Å². The predicted octanol–water partition coefficient (Wildman–Crippen LogP) is 1.36. The van der Waals surface area contributed by atoms with E-state index in [4.69, 9.17) is 4.84 Å². The molecule has 1 aromatic rings. The maximum atomic E-state index is 12.8. The molecule has 0 radical (unpaired) electrons. The molecule has 1 heterocycles. The third-order valence-electron chi connectivity index (χ3n) is 4.58. The third-order valence-corrected chi connectivity index (χ3v) is 4.58. The average molecular weight is 360 g/mol. The molecule has 2 amide bonds. The van der Waals surface area contributed by atoms with Crippen molar-refractivity contribution in [3.8, 4) is 0 Å². The Bertz CT molecular complexity index is 629. The van der Waals surface area contributed by atoms with E-state index >= 15 is 0 Å². The Balaban J connectivity index is 2.06. The van der Waals surface area contributed by atoms with Gasteiger partial charge in [-0.1, -0.05) is 37.2 Å². The van der Waals surface area contributed by atoms with E-state index in [9.17, 15) is 9.59 Å². The Hall–Kier alpha value is -2.41.